The summed E-state index contributed by atoms with van der Waals surface area (Å²) in [5, 5.41) is 0.122. The SMILES string of the molecule is O=C(C[C@H](C(=O)CBr)C1CCC(F)(F)CC1)OCc1ccccc1. The molecule has 0 amide bonds. The Morgan fingerprint density at radius 1 is 1.21 bits per heavy atom. The second-order valence-electron chi connectivity index (χ2n) is 6.25. The quantitative estimate of drug-likeness (QED) is 0.497. The van der Waals surface area contributed by atoms with E-state index in [0.29, 0.717) is 0 Å². The number of Topliss-reactive ketones (excluding diaryl/α,β-unsaturated/α-hetero) is 1. The van der Waals surface area contributed by atoms with E-state index in [1.807, 2.05) is 30.3 Å². The zero-order chi connectivity index (χ0) is 17.6. The predicted octanol–water partition coefficient (Wildman–Crippen LogP) is 4.53. The van der Waals surface area contributed by atoms with E-state index in [-0.39, 0.29) is 55.7 Å². The van der Waals surface area contributed by atoms with Crippen LogP contribution in [0, 0.1) is 11.8 Å². The zero-order valence-corrected chi connectivity index (χ0v) is 14.9. The maximum absolute atomic E-state index is 13.3. The van der Waals surface area contributed by atoms with Crippen LogP contribution in [0.1, 0.15) is 37.7 Å². The van der Waals surface area contributed by atoms with Crippen molar-refractivity contribution in [2.24, 2.45) is 11.8 Å². The smallest absolute Gasteiger partial charge is 0.306 e. The summed E-state index contributed by atoms with van der Waals surface area (Å²) in [5.74, 6) is -3.97. The topological polar surface area (TPSA) is 43.4 Å². The first-order valence-corrected chi connectivity index (χ1v) is 9.19. The highest BCUT2D eigenvalue weighted by Crippen LogP contribution is 2.40. The van der Waals surface area contributed by atoms with Gasteiger partial charge in [-0.25, -0.2) is 8.78 Å². The van der Waals surface area contributed by atoms with Crippen molar-refractivity contribution in [1.29, 1.82) is 0 Å². The Kier molecular flexibility index (Phi) is 6.90. The lowest BCUT2D eigenvalue weighted by Crippen LogP contribution is -2.34. The molecule has 0 heterocycles. The van der Waals surface area contributed by atoms with Gasteiger partial charge in [0.2, 0.25) is 5.92 Å². The summed E-state index contributed by atoms with van der Waals surface area (Å²) in [5.41, 5.74) is 0.867. The fourth-order valence-corrected chi connectivity index (χ4v) is 3.50. The molecule has 1 atom stereocenters. The molecule has 3 nitrogen and oxygen atoms in total. The van der Waals surface area contributed by atoms with E-state index in [0.717, 1.165) is 5.56 Å². The molecule has 0 saturated heterocycles. The van der Waals surface area contributed by atoms with Gasteiger partial charge in [0.25, 0.3) is 0 Å². The van der Waals surface area contributed by atoms with Crippen molar-refractivity contribution in [3.05, 3.63) is 35.9 Å². The number of alkyl halides is 3. The minimum absolute atomic E-state index is 0.0481. The maximum Gasteiger partial charge on any atom is 0.306 e. The van der Waals surface area contributed by atoms with Gasteiger partial charge in [-0.2, -0.15) is 0 Å². The lowest BCUT2D eigenvalue weighted by Gasteiger charge is -2.32. The number of carbonyl (C=O) groups excluding carboxylic acids is 2. The van der Waals surface area contributed by atoms with Gasteiger partial charge < -0.3 is 4.74 Å². The normalized spacial score (nSPS) is 18.8. The average molecular weight is 403 g/mol. The summed E-state index contributed by atoms with van der Waals surface area (Å²) in [4.78, 5) is 24.2. The van der Waals surface area contributed by atoms with E-state index in [9.17, 15) is 18.4 Å². The van der Waals surface area contributed by atoms with E-state index in [2.05, 4.69) is 15.9 Å². The third-order valence-corrected chi connectivity index (χ3v) is 5.06. The molecule has 1 aromatic rings. The molecule has 1 fully saturated rings. The standard InChI is InChI=1S/C18H21BrF2O3/c19-11-16(22)15(14-6-8-18(20,21)9-7-14)10-17(23)24-12-13-4-2-1-3-5-13/h1-5,14-15H,6-12H2/t15-/m0/s1. The Bertz CT molecular complexity index is 553. The van der Waals surface area contributed by atoms with Crippen molar-refractivity contribution in [2.75, 3.05) is 5.33 Å². The molecule has 1 saturated carbocycles. The molecule has 24 heavy (non-hydrogen) atoms. The van der Waals surface area contributed by atoms with Crippen LogP contribution < -0.4 is 0 Å². The molecule has 132 valence electrons. The molecule has 0 bridgehead atoms. The van der Waals surface area contributed by atoms with Gasteiger partial charge in [0.05, 0.1) is 11.8 Å². The Hall–Kier alpha value is -1.30. The summed E-state index contributed by atoms with van der Waals surface area (Å²) in [6.45, 7) is 0.150. The molecule has 0 N–H and O–H groups in total. The van der Waals surface area contributed by atoms with Crippen LogP contribution in [-0.4, -0.2) is 23.0 Å². The van der Waals surface area contributed by atoms with E-state index < -0.39 is 17.8 Å². The fourth-order valence-electron chi connectivity index (χ4n) is 3.08. The van der Waals surface area contributed by atoms with Crippen LogP contribution >= 0.6 is 15.9 Å². The molecule has 0 unspecified atom stereocenters. The van der Waals surface area contributed by atoms with Gasteiger partial charge in [0, 0.05) is 18.8 Å². The van der Waals surface area contributed by atoms with Gasteiger partial charge >= 0.3 is 5.97 Å². The lowest BCUT2D eigenvalue weighted by atomic mass is 9.76. The first kappa shape index (κ1) is 19.0. The second kappa shape index (κ2) is 8.70. The summed E-state index contributed by atoms with van der Waals surface area (Å²) in [7, 11) is 0. The minimum atomic E-state index is -2.65. The molecule has 1 aliphatic rings. The lowest BCUT2D eigenvalue weighted by molar-refractivity contribution is -0.149. The van der Waals surface area contributed by atoms with Crippen molar-refractivity contribution >= 4 is 27.7 Å². The highest BCUT2D eigenvalue weighted by molar-refractivity contribution is 9.09. The molecule has 0 radical (unpaired) electrons. The number of benzene rings is 1. The Morgan fingerprint density at radius 2 is 1.83 bits per heavy atom. The van der Waals surface area contributed by atoms with Crippen LogP contribution in [0.15, 0.2) is 30.3 Å². The first-order chi connectivity index (χ1) is 11.4. The van der Waals surface area contributed by atoms with Crippen LogP contribution in [0.5, 0.6) is 0 Å². The van der Waals surface area contributed by atoms with Crippen LogP contribution in [0.2, 0.25) is 0 Å². The van der Waals surface area contributed by atoms with Crippen molar-refractivity contribution in [1.82, 2.24) is 0 Å². The molecular formula is C18H21BrF2O3. The Labute approximate surface area is 148 Å². The second-order valence-corrected chi connectivity index (χ2v) is 6.81. The summed E-state index contributed by atoms with van der Waals surface area (Å²) in [6.07, 6.45) is 0.0455. The van der Waals surface area contributed by atoms with Crippen LogP contribution in [0.25, 0.3) is 0 Å². The molecule has 2 rings (SSSR count). The minimum Gasteiger partial charge on any atom is -0.461 e. The molecule has 0 aromatic heterocycles. The van der Waals surface area contributed by atoms with Gasteiger partial charge in [-0.15, -0.1) is 0 Å². The Balaban J connectivity index is 1.91. The largest absolute Gasteiger partial charge is 0.461 e. The summed E-state index contributed by atoms with van der Waals surface area (Å²) in [6, 6.07) is 9.26. The maximum atomic E-state index is 13.3. The number of ether oxygens (including phenoxy) is 1. The van der Waals surface area contributed by atoms with Gasteiger partial charge in [-0.1, -0.05) is 46.3 Å². The molecule has 1 aromatic carbocycles. The van der Waals surface area contributed by atoms with Crippen LogP contribution in [0.4, 0.5) is 8.78 Å². The number of ketones is 1. The molecule has 1 aliphatic carbocycles. The van der Waals surface area contributed by atoms with Gasteiger partial charge in [0.15, 0.2) is 0 Å². The molecule has 6 heteroatoms. The highest BCUT2D eigenvalue weighted by atomic mass is 79.9. The van der Waals surface area contributed by atoms with Gasteiger partial charge in [-0.05, 0) is 24.3 Å². The monoisotopic (exact) mass is 402 g/mol. The van der Waals surface area contributed by atoms with Crippen molar-refractivity contribution in [3.8, 4) is 0 Å². The number of carbonyl (C=O) groups is 2. The fraction of sp³-hybridized carbons (Fsp3) is 0.556. The molecule has 0 spiro atoms. The number of esters is 1. The van der Waals surface area contributed by atoms with Crippen LogP contribution in [0.3, 0.4) is 0 Å². The summed E-state index contributed by atoms with van der Waals surface area (Å²) >= 11 is 3.12. The zero-order valence-electron chi connectivity index (χ0n) is 13.3. The Morgan fingerprint density at radius 3 is 2.42 bits per heavy atom. The van der Waals surface area contributed by atoms with E-state index in [4.69, 9.17) is 4.74 Å². The first-order valence-electron chi connectivity index (χ1n) is 8.07. The number of halogens is 3. The number of hydrogen-bond donors (Lipinski definition) is 0. The van der Waals surface area contributed by atoms with E-state index in [1.165, 1.54) is 0 Å². The summed E-state index contributed by atoms with van der Waals surface area (Å²) < 4.78 is 31.8. The molecule has 0 aliphatic heterocycles. The van der Waals surface area contributed by atoms with Crippen molar-refractivity contribution in [2.45, 2.75) is 44.6 Å². The van der Waals surface area contributed by atoms with E-state index in [1.54, 1.807) is 0 Å². The van der Waals surface area contributed by atoms with Gasteiger partial charge in [0.1, 0.15) is 12.4 Å². The third kappa shape index (κ3) is 5.65. The highest BCUT2D eigenvalue weighted by Gasteiger charge is 2.40. The number of rotatable bonds is 7. The van der Waals surface area contributed by atoms with Crippen molar-refractivity contribution < 1.29 is 23.1 Å². The predicted molar refractivity (Wildman–Crippen MR) is 90.1 cm³/mol. The third-order valence-electron chi connectivity index (χ3n) is 4.51. The number of hydrogen-bond acceptors (Lipinski definition) is 3. The van der Waals surface area contributed by atoms with E-state index >= 15 is 0 Å². The van der Waals surface area contributed by atoms with Crippen molar-refractivity contribution in [3.63, 3.8) is 0 Å². The molecular weight excluding hydrogens is 382 g/mol. The van der Waals surface area contributed by atoms with Crippen LogP contribution in [-0.2, 0) is 20.9 Å². The average Bonchev–Trinajstić information content (AvgIpc) is 2.58. The van der Waals surface area contributed by atoms with Gasteiger partial charge in [-0.3, -0.25) is 9.59 Å².